The SMILES string of the molecule is CCc1ccccc1-c1c(C(C)C)ccc2c1C=C(CC(C)C)[CH]2[Zr]([Cl])([Cl])[c]1cccc2c1[SiH2]c1ccccc1-2. The number of allylic oxidation sites excluding steroid dienone is 1. The van der Waals surface area contributed by atoms with Crippen LogP contribution in [0.15, 0.2) is 84.4 Å². The molecule has 1 aliphatic heterocycles. The Labute approximate surface area is 254 Å². The van der Waals surface area contributed by atoms with E-state index in [-0.39, 0.29) is 3.63 Å². The van der Waals surface area contributed by atoms with E-state index in [4.69, 9.17) is 17.0 Å². The van der Waals surface area contributed by atoms with E-state index in [9.17, 15) is 0 Å². The predicted molar refractivity (Wildman–Crippen MR) is 177 cm³/mol. The summed E-state index contributed by atoms with van der Waals surface area (Å²) in [6.45, 7) is 11.5. The van der Waals surface area contributed by atoms with Crippen molar-refractivity contribution in [2.24, 2.45) is 5.92 Å². The van der Waals surface area contributed by atoms with Crippen LogP contribution in [0.4, 0.5) is 0 Å². The van der Waals surface area contributed by atoms with Gasteiger partial charge in [0.05, 0.1) is 0 Å². The minimum atomic E-state index is -4.00. The van der Waals surface area contributed by atoms with E-state index in [1.165, 1.54) is 63.7 Å². The third kappa shape index (κ3) is 4.78. The molecule has 0 amide bonds. The standard InChI is InChI=1S/C24H29.C12H9Si.2ClH.Zr/c1-6-19-9-7-8-10-22(19)24-21(17(4)5)12-11-20-14-18(13-16(2)3)15-23(20)24;1-3-7-11-9(5-1)10-6-2-4-8-12(10)13-11;;;/h7-12,14-17H,6,13H2,1-5H3;1-7H,13H2;2*1H;/q;;;;+2/p-2. The van der Waals surface area contributed by atoms with E-state index in [0.29, 0.717) is 11.8 Å². The van der Waals surface area contributed by atoms with E-state index in [1.54, 1.807) is 0 Å². The fraction of sp³-hybridized carbons (Fsp3) is 0.278. The average Bonchev–Trinajstić information content (AvgIpc) is 3.50. The van der Waals surface area contributed by atoms with E-state index >= 15 is 0 Å². The van der Waals surface area contributed by atoms with Crippen LogP contribution in [0.5, 0.6) is 0 Å². The molecule has 4 aromatic carbocycles. The van der Waals surface area contributed by atoms with Crippen molar-refractivity contribution < 1.29 is 17.9 Å². The summed E-state index contributed by atoms with van der Waals surface area (Å²) >= 11 is -4.00. The third-order valence-corrected chi connectivity index (χ3v) is 23.2. The molecule has 0 N–H and O–H groups in total. The van der Waals surface area contributed by atoms with E-state index in [1.807, 2.05) is 0 Å². The van der Waals surface area contributed by atoms with E-state index < -0.39 is 27.4 Å². The first-order valence-corrected chi connectivity index (χ1v) is 25.2. The molecule has 0 saturated heterocycles. The number of rotatable bonds is 7. The normalized spacial score (nSPS) is 16.4. The number of halogens is 2. The summed E-state index contributed by atoms with van der Waals surface area (Å²) in [6, 6.07) is 29.4. The van der Waals surface area contributed by atoms with Crippen LogP contribution in [0.1, 0.15) is 72.8 Å². The fourth-order valence-corrected chi connectivity index (χ4v) is 23.9. The summed E-state index contributed by atoms with van der Waals surface area (Å²) in [7, 11) is 15.2. The Morgan fingerprint density at radius 2 is 1.50 bits per heavy atom. The molecule has 0 radical (unpaired) electrons. The molecule has 1 atom stereocenters. The minimum absolute atomic E-state index is 0.119. The molecule has 4 heteroatoms. The zero-order valence-corrected chi connectivity index (χ0v) is 29.6. The average molecular weight is 661 g/mol. The van der Waals surface area contributed by atoms with Gasteiger partial charge in [-0.25, -0.2) is 0 Å². The van der Waals surface area contributed by atoms with Gasteiger partial charge in [-0.3, -0.25) is 0 Å². The molecule has 0 nitrogen and oxygen atoms in total. The number of fused-ring (bicyclic) bond motifs is 4. The topological polar surface area (TPSA) is 0 Å². The number of hydrogen-bond acceptors (Lipinski definition) is 0. The van der Waals surface area contributed by atoms with Gasteiger partial charge in [0, 0.05) is 0 Å². The van der Waals surface area contributed by atoms with Crippen LogP contribution >= 0.6 is 17.0 Å². The van der Waals surface area contributed by atoms with E-state index in [2.05, 4.69) is 120 Å². The van der Waals surface area contributed by atoms with Gasteiger partial charge in [-0.1, -0.05) is 0 Å². The first-order chi connectivity index (χ1) is 19.2. The number of benzene rings is 4. The second-order valence-electron chi connectivity index (χ2n) is 12.2. The fourth-order valence-electron chi connectivity index (χ4n) is 7.08. The van der Waals surface area contributed by atoms with E-state index in [0.717, 1.165) is 12.8 Å². The zero-order chi connectivity index (χ0) is 28.2. The second-order valence-corrected chi connectivity index (χ2v) is 28.1. The van der Waals surface area contributed by atoms with Crippen LogP contribution in [-0.2, 0) is 24.3 Å². The molecule has 1 aliphatic carbocycles. The van der Waals surface area contributed by atoms with Gasteiger partial charge in [0.1, 0.15) is 0 Å². The second kappa shape index (κ2) is 11.2. The van der Waals surface area contributed by atoms with Crippen molar-refractivity contribution >= 4 is 46.3 Å². The Kier molecular flexibility index (Phi) is 7.94. The maximum atomic E-state index is 7.92. The van der Waals surface area contributed by atoms with Crippen molar-refractivity contribution in [1.29, 1.82) is 0 Å². The molecule has 0 bridgehead atoms. The molecule has 0 saturated carbocycles. The number of aryl methyl sites for hydroxylation is 1. The van der Waals surface area contributed by atoms with Gasteiger partial charge >= 0.3 is 256 Å². The third-order valence-electron chi connectivity index (χ3n) is 8.83. The summed E-state index contributed by atoms with van der Waals surface area (Å²) < 4.78 is 1.43. The van der Waals surface area contributed by atoms with Crippen molar-refractivity contribution in [2.75, 3.05) is 0 Å². The van der Waals surface area contributed by atoms with Gasteiger partial charge in [-0.15, -0.1) is 0 Å². The van der Waals surface area contributed by atoms with Crippen LogP contribution < -0.4 is 13.6 Å². The predicted octanol–water partition coefficient (Wildman–Crippen LogP) is 8.41. The van der Waals surface area contributed by atoms with Crippen LogP contribution in [0.2, 0.25) is 0 Å². The Balaban J connectivity index is 1.57. The van der Waals surface area contributed by atoms with Gasteiger partial charge in [0.2, 0.25) is 0 Å². The van der Waals surface area contributed by atoms with Crippen molar-refractivity contribution in [2.45, 2.75) is 57.0 Å². The molecule has 0 fully saturated rings. The van der Waals surface area contributed by atoms with Crippen molar-refractivity contribution in [3.05, 3.63) is 107 Å². The van der Waals surface area contributed by atoms with Crippen LogP contribution in [0.3, 0.4) is 0 Å². The van der Waals surface area contributed by atoms with Gasteiger partial charge < -0.3 is 0 Å². The molecule has 0 aromatic heterocycles. The summed E-state index contributed by atoms with van der Waals surface area (Å²) in [5, 5.41) is 3.02. The first-order valence-electron chi connectivity index (χ1n) is 14.8. The van der Waals surface area contributed by atoms with Crippen molar-refractivity contribution in [1.82, 2.24) is 0 Å². The molecular formula is C36H38Cl2SiZr. The van der Waals surface area contributed by atoms with Crippen LogP contribution in [0, 0.1) is 5.92 Å². The summed E-state index contributed by atoms with van der Waals surface area (Å²) in [6.07, 6.45) is 4.54. The quantitative estimate of drug-likeness (QED) is 0.154. The molecule has 1 unspecified atom stereocenters. The Hall–Kier alpha value is -1.70. The molecule has 4 aromatic rings. The van der Waals surface area contributed by atoms with Gasteiger partial charge in [0.25, 0.3) is 0 Å². The summed E-state index contributed by atoms with van der Waals surface area (Å²) in [5.74, 6) is 0.961. The zero-order valence-electron chi connectivity index (χ0n) is 24.2. The van der Waals surface area contributed by atoms with Gasteiger partial charge in [-0.05, 0) is 0 Å². The van der Waals surface area contributed by atoms with Gasteiger partial charge in [-0.2, -0.15) is 0 Å². The Morgan fingerprint density at radius 3 is 2.23 bits per heavy atom. The Bertz CT molecular complexity index is 1630. The van der Waals surface area contributed by atoms with Crippen molar-refractivity contribution in [3.8, 4) is 22.3 Å². The molecule has 0 spiro atoms. The number of hydrogen-bond donors (Lipinski definition) is 0. The van der Waals surface area contributed by atoms with Gasteiger partial charge in [0.15, 0.2) is 0 Å². The monoisotopic (exact) mass is 658 g/mol. The summed E-state index contributed by atoms with van der Waals surface area (Å²) in [5.41, 5.74) is 12.5. The Morgan fingerprint density at radius 1 is 0.800 bits per heavy atom. The molecule has 2 aliphatic rings. The molecule has 6 rings (SSSR count). The molecule has 1 heterocycles. The van der Waals surface area contributed by atoms with Crippen molar-refractivity contribution in [3.63, 3.8) is 0 Å². The van der Waals surface area contributed by atoms with Crippen LogP contribution in [-0.4, -0.2) is 9.52 Å². The first kappa shape index (κ1) is 28.4. The molecular weight excluding hydrogens is 623 g/mol. The molecule has 40 heavy (non-hydrogen) atoms. The summed E-state index contributed by atoms with van der Waals surface area (Å²) in [4.78, 5) is 0. The maximum absolute atomic E-state index is 7.92. The molecule has 204 valence electrons. The van der Waals surface area contributed by atoms with Crippen LogP contribution in [0.25, 0.3) is 28.3 Å².